The van der Waals surface area contributed by atoms with Crippen molar-refractivity contribution in [3.05, 3.63) is 77.9 Å². The van der Waals surface area contributed by atoms with Gasteiger partial charge in [0.05, 0.1) is 55.7 Å². The molecule has 1 atom stereocenters. The smallest absolute Gasteiger partial charge is 0.343 e. The average Bonchev–Trinajstić information content (AvgIpc) is 3.30. The molecule has 0 unspecified atom stereocenters. The molecule has 0 spiro atoms. The van der Waals surface area contributed by atoms with Crippen molar-refractivity contribution in [3.63, 3.8) is 0 Å². The van der Waals surface area contributed by atoms with Gasteiger partial charge in [-0.25, -0.2) is 14.6 Å². The van der Waals surface area contributed by atoms with Crippen LogP contribution in [0.3, 0.4) is 0 Å². The molecule has 0 aliphatic carbocycles. The van der Waals surface area contributed by atoms with Crippen molar-refractivity contribution < 1.29 is 38.0 Å². The van der Waals surface area contributed by atoms with Crippen molar-refractivity contribution in [1.29, 1.82) is 0 Å². The number of carbonyl (C=O) groups excluding carboxylic acids is 2. The summed E-state index contributed by atoms with van der Waals surface area (Å²) >= 11 is 7.58. The van der Waals surface area contributed by atoms with E-state index >= 15 is 0 Å². The van der Waals surface area contributed by atoms with E-state index in [1.54, 1.807) is 36.4 Å². The number of nitrogens with zero attached hydrogens (tertiary/aromatic N) is 2. The summed E-state index contributed by atoms with van der Waals surface area (Å²) in [5, 5.41) is 0.168. The van der Waals surface area contributed by atoms with E-state index in [1.807, 2.05) is 13.8 Å². The van der Waals surface area contributed by atoms with Crippen molar-refractivity contribution in [1.82, 2.24) is 4.57 Å². The molecule has 0 saturated heterocycles. The minimum atomic E-state index is -0.835. The first-order valence-electron chi connectivity index (χ1n) is 12.8. The van der Waals surface area contributed by atoms with Gasteiger partial charge in [-0.1, -0.05) is 29.0 Å². The first kappa shape index (κ1) is 30.7. The Morgan fingerprint density at radius 1 is 1.00 bits per heavy atom. The van der Waals surface area contributed by atoms with E-state index in [2.05, 4.69) is 9.73 Å². The van der Waals surface area contributed by atoms with Gasteiger partial charge in [0.15, 0.2) is 34.4 Å². The average molecular weight is 617 g/mol. The number of aromatic nitrogens is 1. The third-order valence-corrected chi connectivity index (χ3v) is 7.40. The Hall–Kier alpha value is -4.29. The van der Waals surface area contributed by atoms with E-state index in [0.29, 0.717) is 45.2 Å². The van der Waals surface area contributed by atoms with Crippen LogP contribution < -0.4 is 33.8 Å². The lowest BCUT2D eigenvalue weighted by Crippen LogP contribution is -2.39. The maximum Gasteiger partial charge on any atom is 0.343 e. The second kappa shape index (κ2) is 13.6. The van der Waals surface area contributed by atoms with E-state index in [4.69, 9.17) is 35.3 Å². The number of carbonyl (C=O) groups is 2. The summed E-state index contributed by atoms with van der Waals surface area (Å²) in [6, 6.07) is 7.62. The zero-order chi connectivity index (χ0) is 30.4. The SMILES string of the molecule is CCOc1ccc([C@H]2C(C(=O)OC)=CN=c3s/c(=C\c4cc(Cl)c(OCC(=O)OC)c(OC)c4)c(=O)n32)cc1OCC. The Morgan fingerprint density at radius 2 is 1.74 bits per heavy atom. The number of fused-ring (bicyclic) bond motifs is 1. The first-order chi connectivity index (χ1) is 20.3. The molecule has 1 aromatic heterocycles. The number of esters is 2. The fourth-order valence-corrected chi connectivity index (χ4v) is 5.53. The summed E-state index contributed by atoms with van der Waals surface area (Å²) in [5.74, 6) is 0.241. The zero-order valence-corrected chi connectivity index (χ0v) is 25.2. The van der Waals surface area contributed by atoms with Crippen LogP contribution >= 0.6 is 22.9 Å². The number of thiazole rings is 1. The normalized spacial score (nSPS) is 14.3. The van der Waals surface area contributed by atoms with E-state index < -0.39 is 18.0 Å². The quantitative estimate of drug-likeness (QED) is 0.299. The third-order valence-electron chi connectivity index (χ3n) is 6.12. The molecule has 1 aliphatic rings. The van der Waals surface area contributed by atoms with E-state index in [1.165, 1.54) is 32.1 Å². The van der Waals surface area contributed by atoms with Crippen LogP contribution in [-0.4, -0.2) is 57.7 Å². The van der Waals surface area contributed by atoms with Crippen molar-refractivity contribution >= 4 is 41.0 Å². The number of halogens is 1. The highest BCUT2D eigenvalue weighted by molar-refractivity contribution is 7.07. The lowest BCUT2D eigenvalue weighted by atomic mass is 9.97. The molecule has 2 aromatic carbocycles. The van der Waals surface area contributed by atoms with Crippen LogP contribution in [0.4, 0.5) is 0 Å². The van der Waals surface area contributed by atoms with Gasteiger partial charge >= 0.3 is 11.9 Å². The van der Waals surface area contributed by atoms with Crippen LogP contribution in [0, 0.1) is 0 Å². The molecule has 4 rings (SSSR count). The van der Waals surface area contributed by atoms with Crippen LogP contribution in [0.25, 0.3) is 6.08 Å². The number of ether oxygens (including phenoxy) is 6. The molecule has 222 valence electrons. The second-order valence-electron chi connectivity index (χ2n) is 8.65. The number of methoxy groups -OCH3 is 3. The molecule has 0 N–H and O–H groups in total. The van der Waals surface area contributed by atoms with Crippen LogP contribution in [0.2, 0.25) is 5.02 Å². The Bertz CT molecular complexity index is 1710. The topological polar surface area (TPSA) is 124 Å². The molecule has 1 aliphatic heterocycles. The Balaban J connectivity index is 1.84. The largest absolute Gasteiger partial charge is 0.493 e. The van der Waals surface area contributed by atoms with Gasteiger partial charge in [0.2, 0.25) is 0 Å². The molecular formula is C29H29ClN2O9S. The molecule has 0 amide bonds. The fourth-order valence-electron chi connectivity index (χ4n) is 4.29. The number of benzene rings is 2. The van der Waals surface area contributed by atoms with Crippen molar-refractivity contribution in [3.8, 4) is 23.0 Å². The standard InChI is InChI=1S/C29H29ClN2O9S/c1-6-39-20-9-8-17(13-21(20)40-7-2)25-18(28(35)38-5)14-31-29-32(25)27(34)23(42-29)12-16-10-19(30)26(22(11-16)36-3)41-15-24(33)37-4/h8-14,25H,6-7,15H2,1-5H3/b23-12-/t25-/m0/s1. The van der Waals surface area contributed by atoms with Crippen molar-refractivity contribution in [2.75, 3.05) is 41.2 Å². The van der Waals surface area contributed by atoms with Crippen molar-refractivity contribution in [2.45, 2.75) is 19.9 Å². The van der Waals surface area contributed by atoms with Gasteiger partial charge in [0.25, 0.3) is 5.56 Å². The van der Waals surface area contributed by atoms with Crippen LogP contribution in [-0.2, 0) is 19.1 Å². The highest BCUT2D eigenvalue weighted by atomic mass is 35.5. The van der Waals surface area contributed by atoms with Gasteiger partial charge in [0, 0.05) is 6.20 Å². The zero-order valence-electron chi connectivity index (χ0n) is 23.6. The van der Waals surface area contributed by atoms with E-state index in [-0.39, 0.29) is 34.3 Å². The molecule has 0 bridgehead atoms. The Morgan fingerprint density at radius 3 is 2.40 bits per heavy atom. The maximum atomic E-state index is 13.9. The number of hydrogen-bond acceptors (Lipinski definition) is 11. The van der Waals surface area contributed by atoms with Crippen LogP contribution in [0.15, 0.2) is 51.9 Å². The molecule has 11 nitrogen and oxygen atoms in total. The Labute approximate surface area is 250 Å². The van der Waals surface area contributed by atoms with Crippen LogP contribution in [0.1, 0.15) is 31.0 Å². The molecule has 0 fully saturated rings. The highest BCUT2D eigenvalue weighted by Gasteiger charge is 2.31. The van der Waals surface area contributed by atoms with E-state index in [9.17, 15) is 14.4 Å². The molecule has 13 heteroatoms. The third kappa shape index (κ3) is 6.29. The van der Waals surface area contributed by atoms with Crippen molar-refractivity contribution in [2.24, 2.45) is 4.99 Å². The lowest BCUT2D eigenvalue weighted by Gasteiger charge is -2.23. The lowest BCUT2D eigenvalue weighted by molar-refractivity contribution is -0.143. The summed E-state index contributed by atoms with van der Waals surface area (Å²) in [7, 11) is 3.94. The summed E-state index contributed by atoms with van der Waals surface area (Å²) in [5.41, 5.74) is 0.944. The number of rotatable bonds is 11. The molecule has 0 radical (unpaired) electrons. The van der Waals surface area contributed by atoms with Gasteiger partial charge in [-0.2, -0.15) is 0 Å². The summed E-state index contributed by atoms with van der Waals surface area (Å²) in [6.07, 6.45) is 3.04. The minimum Gasteiger partial charge on any atom is -0.493 e. The molecule has 3 aromatic rings. The molecule has 2 heterocycles. The highest BCUT2D eigenvalue weighted by Crippen LogP contribution is 2.37. The predicted octanol–water partition coefficient (Wildman–Crippen LogP) is 3.03. The predicted molar refractivity (Wildman–Crippen MR) is 155 cm³/mol. The fraction of sp³-hybridized carbons (Fsp3) is 0.310. The second-order valence-corrected chi connectivity index (χ2v) is 10.1. The summed E-state index contributed by atoms with van der Waals surface area (Å²) in [6.45, 7) is 4.19. The van der Waals surface area contributed by atoms with Gasteiger partial charge in [0.1, 0.15) is 0 Å². The van der Waals surface area contributed by atoms with Crippen LogP contribution in [0.5, 0.6) is 23.0 Å². The summed E-state index contributed by atoms with van der Waals surface area (Å²) in [4.78, 5) is 43.0. The Kier molecular flexibility index (Phi) is 9.92. The molecular weight excluding hydrogens is 588 g/mol. The first-order valence-corrected chi connectivity index (χ1v) is 14.0. The number of hydrogen-bond donors (Lipinski definition) is 0. The van der Waals surface area contributed by atoms with Gasteiger partial charge in [-0.3, -0.25) is 9.36 Å². The van der Waals surface area contributed by atoms with Gasteiger partial charge < -0.3 is 28.4 Å². The molecule has 42 heavy (non-hydrogen) atoms. The minimum absolute atomic E-state index is 0.159. The maximum absolute atomic E-state index is 13.9. The van der Waals surface area contributed by atoms with Gasteiger partial charge in [-0.05, 0) is 55.3 Å². The van der Waals surface area contributed by atoms with Gasteiger partial charge in [-0.15, -0.1) is 0 Å². The van der Waals surface area contributed by atoms with E-state index in [0.717, 1.165) is 11.3 Å². The summed E-state index contributed by atoms with van der Waals surface area (Å²) < 4.78 is 33.7. The monoisotopic (exact) mass is 616 g/mol. The molecule has 0 saturated carbocycles.